The van der Waals surface area contributed by atoms with E-state index in [0.717, 1.165) is 24.3 Å². The molecule has 3 aliphatic rings. The van der Waals surface area contributed by atoms with Gasteiger partial charge in [0.15, 0.2) is 0 Å². The van der Waals surface area contributed by atoms with Gasteiger partial charge in [-0.2, -0.15) is 0 Å². The van der Waals surface area contributed by atoms with Crippen LogP contribution < -0.4 is 0 Å². The summed E-state index contributed by atoms with van der Waals surface area (Å²) < 4.78 is 4.81. The van der Waals surface area contributed by atoms with Crippen molar-refractivity contribution in [1.82, 2.24) is 0 Å². The van der Waals surface area contributed by atoms with Gasteiger partial charge in [-0.25, -0.2) is 4.79 Å². The Kier molecular flexibility index (Phi) is 4.20. The van der Waals surface area contributed by atoms with Crippen molar-refractivity contribution in [3.8, 4) is 0 Å². The summed E-state index contributed by atoms with van der Waals surface area (Å²) in [6.45, 7) is 9.59. The zero-order valence-electron chi connectivity index (χ0n) is 14.9. The van der Waals surface area contributed by atoms with Crippen LogP contribution in [0.3, 0.4) is 0 Å². The Morgan fingerprint density at radius 2 is 2.04 bits per heavy atom. The van der Waals surface area contributed by atoms with Gasteiger partial charge in [-0.1, -0.05) is 38.8 Å². The third-order valence-corrected chi connectivity index (χ3v) is 6.87. The van der Waals surface area contributed by atoms with Gasteiger partial charge in [0.2, 0.25) is 6.29 Å². The second-order valence-electron chi connectivity index (χ2n) is 8.68. The average molecular weight is 318 g/mol. The molecule has 0 amide bonds. The Morgan fingerprint density at radius 1 is 1.30 bits per heavy atom. The van der Waals surface area contributed by atoms with E-state index in [1.807, 2.05) is 0 Å². The van der Waals surface area contributed by atoms with E-state index in [4.69, 9.17) is 4.74 Å². The summed E-state index contributed by atoms with van der Waals surface area (Å²) >= 11 is 0. The quantitative estimate of drug-likeness (QED) is 0.621. The largest absolute Gasteiger partial charge is 0.429 e. The molecule has 1 fully saturated rings. The summed E-state index contributed by atoms with van der Waals surface area (Å²) in [5, 5.41) is 9.81. The van der Waals surface area contributed by atoms with Crippen LogP contribution in [0.2, 0.25) is 0 Å². The van der Waals surface area contributed by atoms with Crippen molar-refractivity contribution in [2.75, 3.05) is 0 Å². The predicted octanol–water partition coefficient (Wildman–Crippen LogP) is 4.37. The highest BCUT2D eigenvalue weighted by molar-refractivity contribution is 5.85. The first-order valence-electron chi connectivity index (χ1n) is 9.00. The number of aliphatic hydroxyl groups excluding tert-OH is 1. The van der Waals surface area contributed by atoms with Gasteiger partial charge in [-0.3, -0.25) is 0 Å². The lowest BCUT2D eigenvalue weighted by Crippen LogP contribution is -2.48. The molecular formula is C20H30O3. The van der Waals surface area contributed by atoms with Gasteiger partial charge in [-0.15, -0.1) is 0 Å². The molecule has 1 N–H and O–H groups in total. The standard InChI is InChI=1S/C20H30O3/c1-13-6-9-16-19(2,3)10-5-11-20(16,4)15(13)8-7-14-12-17(21)23-18(14)22/h6,12,15-16,18,22H,5,7-11H2,1-4H3/t15-,16-,18-,20+/m1/s1. The molecule has 3 rings (SSSR count). The number of aliphatic hydroxyl groups is 1. The van der Waals surface area contributed by atoms with Crippen LogP contribution in [0.25, 0.3) is 0 Å². The molecule has 0 aromatic carbocycles. The lowest BCUT2D eigenvalue weighted by atomic mass is 9.48. The van der Waals surface area contributed by atoms with Crippen LogP contribution in [0.5, 0.6) is 0 Å². The zero-order chi connectivity index (χ0) is 16.8. The van der Waals surface area contributed by atoms with Crippen LogP contribution in [0.1, 0.15) is 66.2 Å². The molecule has 3 heteroatoms. The van der Waals surface area contributed by atoms with Gasteiger partial charge in [0, 0.05) is 11.6 Å². The highest BCUT2D eigenvalue weighted by atomic mass is 16.6. The van der Waals surface area contributed by atoms with E-state index in [2.05, 4.69) is 33.8 Å². The number of carbonyl (C=O) groups is 1. The average Bonchev–Trinajstić information content (AvgIpc) is 2.75. The summed E-state index contributed by atoms with van der Waals surface area (Å²) in [6.07, 6.45) is 9.71. The van der Waals surface area contributed by atoms with Crippen LogP contribution in [0, 0.1) is 22.7 Å². The molecule has 0 saturated heterocycles. The second-order valence-corrected chi connectivity index (χ2v) is 8.68. The number of hydrogen-bond donors (Lipinski definition) is 1. The van der Waals surface area contributed by atoms with Crippen molar-refractivity contribution >= 4 is 5.97 Å². The predicted molar refractivity (Wildman–Crippen MR) is 90.5 cm³/mol. The molecular weight excluding hydrogens is 288 g/mol. The van der Waals surface area contributed by atoms with E-state index < -0.39 is 12.3 Å². The molecule has 1 heterocycles. The van der Waals surface area contributed by atoms with E-state index in [-0.39, 0.29) is 0 Å². The van der Waals surface area contributed by atoms with Gasteiger partial charge in [0.1, 0.15) is 0 Å². The molecule has 2 aliphatic carbocycles. The maximum atomic E-state index is 11.3. The van der Waals surface area contributed by atoms with Gasteiger partial charge in [0.25, 0.3) is 0 Å². The molecule has 0 bridgehead atoms. The zero-order valence-corrected chi connectivity index (χ0v) is 14.9. The number of carbonyl (C=O) groups excluding carboxylic acids is 1. The summed E-state index contributed by atoms with van der Waals surface area (Å²) in [4.78, 5) is 11.3. The Balaban J connectivity index is 1.80. The van der Waals surface area contributed by atoms with Crippen molar-refractivity contribution in [1.29, 1.82) is 0 Å². The van der Waals surface area contributed by atoms with Gasteiger partial charge >= 0.3 is 5.97 Å². The van der Waals surface area contributed by atoms with Gasteiger partial charge in [-0.05, 0) is 61.7 Å². The Labute approximate surface area is 139 Å². The van der Waals surface area contributed by atoms with Crippen molar-refractivity contribution in [2.24, 2.45) is 22.7 Å². The third-order valence-electron chi connectivity index (χ3n) is 6.87. The molecule has 1 aliphatic heterocycles. The normalized spacial score (nSPS) is 39.3. The number of fused-ring (bicyclic) bond motifs is 1. The first-order valence-corrected chi connectivity index (χ1v) is 9.00. The number of esters is 1. The molecule has 0 spiro atoms. The van der Waals surface area contributed by atoms with E-state index >= 15 is 0 Å². The minimum absolute atomic E-state index is 0.329. The molecule has 0 radical (unpaired) electrons. The van der Waals surface area contributed by atoms with E-state index in [1.165, 1.54) is 37.3 Å². The topological polar surface area (TPSA) is 46.5 Å². The lowest BCUT2D eigenvalue weighted by Gasteiger charge is -2.57. The molecule has 0 unspecified atom stereocenters. The van der Waals surface area contributed by atoms with Crippen molar-refractivity contribution in [2.45, 2.75) is 72.5 Å². The minimum Gasteiger partial charge on any atom is -0.429 e. The molecule has 128 valence electrons. The van der Waals surface area contributed by atoms with E-state index in [0.29, 0.717) is 16.7 Å². The highest BCUT2D eigenvalue weighted by Crippen LogP contribution is 2.60. The molecule has 0 aromatic rings. The van der Waals surface area contributed by atoms with Gasteiger partial charge in [0.05, 0.1) is 0 Å². The van der Waals surface area contributed by atoms with Crippen LogP contribution in [0.15, 0.2) is 23.3 Å². The van der Waals surface area contributed by atoms with Gasteiger partial charge < -0.3 is 9.84 Å². The number of rotatable bonds is 3. The SMILES string of the molecule is CC1=CC[C@@H]2C(C)(C)CCC[C@@]2(C)[C@@H]1CCC1=CC(=O)O[C@H]1O. The minimum atomic E-state index is -1.03. The van der Waals surface area contributed by atoms with Crippen LogP contribution in [-0.2, 0) is 9.53 Å². The monoisotopic (exact) mass is 318 g/mol. The molecule has 23 heavy (non-hydrogen) atoms. The lowest BCUT2D eigenvalue weighted by molar-refractivity contribution is -0.151. The summed E-state index contributed by atoms with van der Waals surface area (Å²) in [7, 11) is 0. The summed E-state index contributed by atoms with van der Waals surface area (Å²) in [6, 6.07) is 0. The maximum Gasteiger partial charge on any atom is 0.333 e. The second kappa shape index (κ2) is 5.77. The molecule has 1 saturated carbocycles. The number of allylic oxidation sites excluding steroid dienone is 2. The van der Waals surface area contributed by atoms with Crippen molar-refractivity contribution in [3.05, 3.63) is 23.3 Å². The van der Waals surface area contributed by atoms with Crippen molar-refractivity contribution < 1.29 is 14.6 Å². The fourth-order valence-electron chi connectivity index (χ4n) is 5.64. The summed E-state index contributed by atoms with van der Waals surface area (Å²) in [5.41, 5.74) is 2.95. The Hall–Kier alpha value is -1.09. The molecule has 4 atom stereocenters. The smallest absolute Gasteiger partial charge is 0.333 e. The Morgan fingerprint density at radius 3 is 2.70 bits per heavy atom. The molecule has 3 nitrogen and oxygen atoms in total. The van der Waals surface area contributed by atoms with E-state index in [1.54, 1.807) is 0 Å². The van der Waals surface area contributed by atoms with Crippen LogP contribution >= 0.6 is 0 Å². The number of cyclic esters (lactones) is 1. The third kappa shape index (κ3) is 2.88. The Bertz CT molecular complexity index is 557. The van der Waals surface area contributed by atoms with E-state index in [9.17, 15) is 9.90 Å². The first kappa shape index (κ1) is 16.8. The summed E-state index contributed by atoms with van der Waals surface area (Å²) in [5.74, 6) is 0.841. The van der Waals surface area contributed by atoms with Crippen molar-refractivity contribution in [3.63, 3.8) is 0 Å². The maximum absolute atomic E-state index is 11.3. The first-order chi connectivity index (χ1) is 10.7. The highest BCUT2D eigenvalue weighted by Gasteiger charge is 2.51. The van der Waals surface area contributed by atoms with Crippen LogP contribution in [-0.4, -0.2) is 17.4 Å². The fourth-order valence-corrected chi connectivity index (χ4v) is 5.64. The number of ether oxygens (including phenoxy) is 1. The number of hydrogen-bond acceptors (Lipinski definition) is 3. The molecule has 0 aromatic heterocycles. The van der Waals surface area contributed by atoms with Crippen LogP contribution in [0.4, 0.5) is 0 Å². The fraction of sp³-hybridized carbons (Fsp3) is 0.750.